The first-order chi connectivity index (χ1) is 26.0. The van der Waals surface area contributed by atoms with Gasteiger partial charge < -0.3 is 59.8 Å². The Hall–Kier alpha value is -0.970. The van der Waals surface area contributed by atoms with Crippen molar-refractivity contribution in [1.82, 2.24) is 0 Å². The number of carboxylic acids is 1. The van der Waals surface area contributed by atoms with Gasteiger partial charge in [-0.2, -0.15) is 0 Å². The van der Waals surface area contributed by atoms with Crippen molar-refractivity contribution in [1.29, 1.82) is 0 Å². The summed E-state index contributed by atoms with van der Waals surface area (Å²) in [6, 6.07) is 0. The highest BCUT2D eigenvalue weighted by molar-refractivity contribution is 5.76. The molecule has 322 valence electrons. The molecule has 2 heterocycles. The lowest BCUT2D eigenvalue weighted by Gasteiger charge is -2.76. The Kier molecular flexibility index (Phi) is 11.0. The van der Waals surface area contributed by atoms with Crippen molar-refractivity contribution >= 4 is 5.97 Å². The summed E-state index contributed by atoms with van der Waals surface area (Å²) in [5.41, 5.74) is -1.68. The largest absolute Gasteiger partial charge is 0.481 e. The average Bonchev–Trinajstić information content (AvgIpc) is 3.14. The van der Waals surface area contributed by atoms with Crippen LogP contribution in [0.5, 0.6) is 0 Å². The van der Waals surface area contributed by atoms with Gasteiger partial charge in [0.05, 0.1) is 30.8 Å². The zero-order valence-electron chi connectivity index (χ0n) is 34.9. The third-order valence-corrected chi connectivity index (χ3v) is 18.8. The SMILES string of the molecule is C[C@@H]1O[C@@H](O[C@H]2[C@H](O)[C@@H](O)[C@H](O[C@H]3CC[C@@]4(C)[C@@H](CC[C@]5(C)[C@@H]4CC[C@]4(C)[C@@H]6CC(C)(C)CC[C@]6(C(=O)O)CC[C@]45C)[C@]3(C)CO)O[C@@H]2CO)[C@@H](O)[C@H](O)[C@H]1O. The molecule has 0 amide bonds. The standard InChI is InChI=1S/C43H72O13/c1-22-28(46)29(47)31(49)34(53-22)56-33-23(20-44)54-35(32(50)30(33)48)55-27-11-12-38(4)24(39(27,5)21-45)9-13-40(6)25(38)10-14-41(7)26-19-37(2,3)15-17-43(26,36(51)52)18-16-42(40,41)8/h22-35,44-50H,9-21H2,1-8H3,(H,51,52)/t22-,23+,24+,25+,26-,27-,28-,29+,30+,31-,32+,33+,34-,35-,38-,39-,40+,41+,42-,43-/m0/s1. The number of hydrogen-bond donors (Lipinski definition) is 8. The Morgan fingerprint density at radius 3 is 1.88 bits per heavy atom. The van der Waals surface area contributed by atoms with Crippen LogP contribution in [0.4, 0.5) is 0 Å². The first kappa shape index (κ1) is 43.1. The van der Waals surface area contributed by atoms with Gasteiger partial charge in [-0.15, -0.1) is 0 Å². The van der Waals surface area contributed by atoms with Gasteiger partial charge in [-0.25, -0.2) is 0 Å². The number of rotatable bonds is 7. The molecule has 0 aromatic heterocycles. The minimum atomic E-state index is -1.66. The number of carbonyl (C=O) groups is 1. The molecule has 0 radical (unpaired) electrons. The van der Waals surface area contributed by atoms with E-state index < -0.39 is 90.9 Å². The zero-order valence-corrected chi connectivity index (χ0v) is 34.9. The maximum atomic E-state index is 13.2. The van der Waals surface area contributed by atoms with Crippen LogP contribution in [-0.2, 0) is 23.7 Å². The fourth-order valence-corrected chi connectivity index (χ4v) is 14.9. The van der Waals surface area contributed by atoms with E-state index in [1.807, 2.05) is 0 Å². The van der Waals surface area contributed by atoms with E-state index in [0.29, 0.717) is 12.3 Å². The molecule has 0 unspecified atom stereocenters. The van der Waals surface area contributed by atoms with E-state index >= 15 is 0 Å². The predicted octanol–water partition coefficient (Wildman–Crippen LogP) is 3.35. The topological polar surface area (TPSA) is 216 Å². The smallest absolute Gasteiger partial charge is 0.309 e. The van der Waals surface area contributed by atoms with E-state index in [1.54, 1.807) is 0 Å². The van der Waals surface area contributed by atoms with Crippen molar-refractivity contribution in [3.8, 4) is 0 Å². The summed E-state index contributed by atoms with van der Waals surface area (Å²) in [6.45, 7) is 17.2. The van der Waals surface area contributed by atoms with E-state index in [1.165, 1.54) is 6.92 Å². The number of aliphatic carboxylic acids is 1. The molecule has 5 aliphatic carbocycles. The van der Waals surface area contributed by atoms with Gasteiger partial charge in [-0.3, -0.25) is 4.79 Å². The maximum absolute atomic E-state index is 13.2. The molecule has 13 nitrogen and oxygen atoms in total. The van der Waals surface area contributed by atoms with Crippen molar-refractivity contribution in [3.63, 3.8) is 0 Å². The lowest BCUT2D eigenvalue weighted by molar-refractivity contribution is -0.368. The summed E-state index contributed by atoms with van der Waals surface area (Å²) < 4.78 is 24.0. The summed E-state index contributed by atoms with van der Waals surface area (Å²) in [6.07, 6.45) is -5.24. The second-order valence-electron chi connectivity index (χ2n) is 21.6. The highest BCUT2D eigenvalue weighted by Gasteiger charge is 2.75. The van der Waals surface area contributed by atoms with Crippen molar-refractivity contribution < 1.29 is 64.6 Å². The third-order valence-electron chi connectivity index (χ3n) is 18.8. The molecule has 2 aliphatic heterocycles. The van der Waals surface area contributed by atoms with Crippen LogP contribution in [0.2, 0.25) is 0 Å². The first-order valence-electron chi connectivity index (χ1n) is 21.5. The fraction of sp³-hybridized carbons (Fsp3) is 0.977. The molecule has 56 heavy (non-hydrogen) atoms. The van der Waals surface area contributed by atoms with Crippen LogP contribution in [0.15, 0.2) is 0 Å². The van der Waals surface area contributed by atoms with Crippen molar-refractivity contribution in [3.05, 3.63) is 0 Å². The summed E-state index contributed by atoms with van der Waals surface area (Å²) in [7, 11) is 0. The van der Waals surface area contributed by atoms with Crippen LogP contribution in [-0.4, -0.2) is 128 Å². The Morgan fingerprint density at radius 2 is 1.25 bits per heavy atom. The molecule has 0 bridgehead atoms. The molecule has 7 aliphatic rings. The van der Waals surface area contributed by atoms with Gasteiger partial charge in [0.2, 0.25) is 0 Å². The number of hydrogen-bond acceptors (Lipinski definition) is 12. The van der Waals surface area contributed by atoms with E-state index in [2.05, 4.69) is 48.5 Å². The summed E-state index contributed by atoms with van der Waals surface area (Å²) in [5, 5.41) is 86.1. The number of aliphatic hydroxyl groups excluding tert-OH is 7. The minimum Gasteiger partial charge on any atom is -0.481 e. The van der Waals surface area contributed by atoms with Crippen molar-refractivity contribution in [2.24, 2.45) is 55.7 Å². The van der Waals surface area contributed by atoms with E-state index in [0.717, 1.165) is 64.2 Å². The molecule has 0 spiro atoms. The molecule has 7 rings (SSSR count). The van der Waals surface area contributed by atoms with Crippen LogP contribution in [0.25, 0.3) is 0 Å². The molecular weight excluding hydrogens is 724 g/mol. The molecule has 5 saturated carbocycles. The number of carboxylic acid groups (broad SMARTS) is 1. The summed E-state index contributed by atoms with van der Waals surface area (Å²) >= 11 is 0. The summed E-state index contributed by atoms with van der Waals surface area (Å²) in [4.78, 5) is 13.2. The van der Waals surface area contributed by atoms with Gasteiger partial charge in [-0.1, -0.05) is 48.5 Å². The van der Waals surface area contributed by atoms with Crippen LogP contribution < -0.4 is 0 Å². The van der Waals surface area contributed by atoms with Crippen LogP contribution in [0.1, 0.15) is 126 Å². The Bertz CT molecular complexity index is 1480. The third kappa shape index (κ3) is 5.97. The molecular formula is C43H72O13. The van der Waals surface area contributed by atoms with Gasteiger partial charge in [0.1, 0.15) is 42.7 Å². The molecule has 20 atom stereocenters. The molecule has 0 aromatic carbocycles. The highest BCUT2D eigenvalue weighted by Crippen LogP contribution is 2.80. The molecule has 7 fully saturated rings. The van der Waals surface area contributed by atoms with Crippen molar-refractivity contribution in [2.75, 3.05) is 13.2 Å². The van der Waals surface area contributed by atoms with Crippen LogP contribution in [0, 0.1) is 55.7 Å². The average molecular weight is 797 g/mol. The molecule has 13 heteroatoms. The summed E-state index contributed by atoms with van der Waals surface area (Å²) in [5.74, 6) is -0.0774. The zero-order chi connectivity index (χ0) is 41.2. The van der Waals surface area contributed by atoms with Gasteiger partial charge in [-0.05, 0) is 122 Å². The van der Waals surface area contributed by atoms with Gasteiger partial charge in [0.25, 0.3) is 0 Å². The predicted molar refractivity (Wildman–Crippen MR) is 203 cm³/mol. The first-order valence-corrected chi connectivity index (χ1v) is 21.5. The van der Waals surface area contributed by atoms with E-state index in [-0.39, 0.29) is 45.5 Å². The van der Waals surface area contributed by atoms with E-state index in [9.17, 15) is 45.6 Å². The molecule has 0 aromatic rings. The lowest BCUT2D eigenvalue weighted by atomic mass is 9.28. The highest BCUT2D eigenvalue weighted by atomic mass is 16.7. The Labute approximate surface area is 332 Å². The Morgan fingerprint density at radius 1 is 0.661 bits per heavy atom. The minimum absolute atomic E-state index is 0.0424. The van der Waals surface area contributed by atoms with Gasteiger partial charge in [0, 0.05) is 5.41 Å². The quantitative estimate of drug-likeness (QED) is 0.174. The van der Waals surface area contributed by atoms with Crippen LogP contribution in [0.3, 0.4) is 0 Å². The molecule has 8 N–H and O–H groups in total. The fourth-order valence-electron chi connectivity index (χ4n) is 14.9. The maximum Gasteiger partial charge on any atom is 0.309 e. The second-order valence-corrected chi connectivity index (χ2v) is 21.6. The monoisotopic (exact) mass is 796 g/mol. The van der Waals surface area contributed by atoms with Gasteiger partial charge in [0.15, 0.2) is 12.6 Å². The van der Waals surface area contributed by atoms with Crippen LogP contribution >= 0.6 is 0 Å². The number of aliphatic hydroxyl groups is 7. The normalized spacial score (nSPS) is 56.9. The van der Waals surface area contributed by atoms with Crippen molar-refractivity contribution in [2.45, 2.75) is 194 Å². The van der Waals surface area contributed by atoms with E-state index in [4.69, 9.17) is 18.9 Å². The van der Waals surface area contributed by atoms with Gasteiger partial charge >= 0.3 is 5.97 Å². The molecule has 2 saturated heterocycles. The lowest BCUT2D eigenvalue weighted by Crippen LogP contribution is -2.71. The number of ether oxygens (including phenoxy) is 4. The second kappa shape index (κ2) is 14.3. The Balaban J connectivity index is 1.11. The number of fused-ring (bicyclic) bond motifs is 7.